The van der Waals surface area contributed by atoms with Crippen LogP contribution in [0.4, 0.5) is 5.69 Å². The van der Waals surface area contributed by atoms with Crippen molar-refractivity contribution in [3.8, 4) is 0 Å². The lowest BCUT2D eigenvalue weighted by Crippen LogP contribution is -2.47. The van der Waals surface area contributed by atoms with Gasteiger partial charge in [-0.25, -0.2) is 4.98 Å². The summed E-state index contributed by atoms with van der Waals surface area (Å²) in [6.07, 6.45) is 9.46. The van der Waals surface area contributed by atoms with Gasteiger partial charge >= 0.3 is 0 Å². The number of fused-ring (bicyclic) bond motifs is 1. The molecule has 3 aromatic rings. The second-order valence-electron chi connectivity index (χ2n) is 6.06. The molecule has 6 heteroatoms. The first kappa shape index (κ1) is 14.1. The molecule has 23 heavy (non-hydrogen) atoms. The fourth-order valence-corrected chi connectivity index (χ4v) is 3.32. The Morgan fingerprint density at radius 2 is 1.96 bits per heavy atom. The van der Waals surface area contributed by atoms with E-state index in [1.54, 1.807) is 6.20 Å². The first-order valence-electron chi connectivity index (χ1n) is 7.85. The number of piperazine rings is 1. The van der Waals surface area contributed by atoms with Crippen molar-refractivity contribution in [1.29, 1.82) is 0 Å². The number of likely N-dealkylation sites (N-methyl/N-ethyl adjacent to an activating group) is 1. The second kappa shape index (κ2) is 5.62. The molecule has 0 radical (unpaired) electrons. The van der Waals surface area contributed by atoms with E-state index in [4.69, 9.17) is 0 Å². The number of imidazole rings is 1. The lowest BCUT2D eigenvalue weighted by atomic mass is 10.1. The Bertz CT molecular complexity index is 821. The zero-order valence-electron chi connectivity index (χ0n) is 13.4. The number of nitrogens with zero attached hydrogens (tertiary/aromatic N) is 6. The van der Waals surface area contributed by atoms with Crippen molar-refractivity contribution in [2.75, 3.05) is 31.6 Å². The van der Waals surface area contributed by atoms with Crippen LogP contribution in [0.15, 0.2) is 43.1 Å². The molecule has 0 amide bonds. The van der Waals surface area contributed by atoms with Gasteiger partial charge in [-0.05, 0) is 19.2 Å². The quantitative estimate of drug-likeness (QED) is 0.723. The zero-order valence-corrected chi connectivity index (χ0v) is 13.4. The molecule has 1 aliphatic rings. The SMILES string of the molecule is CN1CCN(c2ccnc3ccncc23)CC1c1nccn1C. The van der Waals surface area contributed by atoms with E-state index in [2.05, 4.69) is 49.5 Å². The summed E-state index contributed by atoms with van der Waals surface area (Å²) >= 11 is 0. The molecular weight excluding hydrogens is 288 g/mol. The molecule has 118 valence electrons. The van der Waals surface area contributed by atoms with Gasteiger partial charge in [0.05, 0.1) is 11.6 Å². The van der Waals surface area contributed by atoms with Crippen molar-refractivity contribution in [2.24, 2.45) is 7.05 Å². The topological polar surface area (TPSA) is 50.1 Å². The van der Waals surface area contributed by atoms with Crippen LogP contribution in [0.3, 0.4) is 0 Å². The van der Waals surface area contributed by atoms with Crippen LogP contribution in [-0.2, 0) is 7.05 Å². The standard InChI is InChI=1S/C17H20N6/c1-21-9-10-23(12-16(21)17-20-7-8-22(17)2)15-4-6-19-14-3-5-18-11-13(14)15/h3-8,11,16H,9-10,12H2,1-2H3. The molecule has 1 saturated heterocycles. The molecule has 0 spiro atoms. The molecule has 0 aromatic carbocycles. The first-order valence-corrected chi connectivity index (χ1v) is 7.85. The van der Waals surface area contributed by atoms with Crippen molar-refractivity contribution < 1.29 is 0 Å². The van der Waals surface area contributed by atoms with E-state index in [0.29, 0.717) is 0 Å². The van der Waals surface area contributed by atoms with Crippen LogP contribution in [-0.4, -0.2) is 51.1 Å². The average molecular weight is 308 g/mol. The highest BCUT2D eigenvalue weighted by molar-refractivity contribution is 5.90. The molecule has 1 fully saturated rings. The third-order valence-electron chi connectivity index (χ3n) is 4.67. The first-order chi connectivity index (χ1) is 11.2. The molecular formula is C17H20N6. The van der Waals surface area contributed by atoms with E-state index in [0.717, 1.165) is 36.4 Å². The summed E-state index contributed by atoms with van der Waals surface area (Å²) in [5.74, 6) is 1.11. The van der Waals surface area contributed by atoms with Crippen LogP contribution in [0.1, 0.15) is 11.9 Å². The van der Waals surface area contributed by atoms with Crippen LogP contribution in [0, 0.1) is 0 Å². The predicted octanol–water partition coefficient (Wildman–Crippen LogP) is 1.86. The minimum atomic E-state index is 0.281. The Hall–Kier alpha value is -2.47. The maximum absolute atomic E-state index is 4.55. The number of aromatic nitrogens is 4. The molecule has 4 rings (SSSR count). The van der Waals surface area contributed by atoms with Crippen molar-refractivity contribution in [2.45, 2.75) is 6.04 Å². The van der Waals surface area contributed by atoms with Crippen LogP contribution in [0.25, 0.3) is 10.9 Å². The van der Waals surface area contributed by atoms with Crippen molar-refractivity contribution in [1.82, 2.24) is 24.4 Å². The van der Waals surface area contributed by atoms with Gasteiger partial charge in [0.2, 0.25) is 0 Å². The number of anilines is 1. The molecule has 0 N–H and O–H groups in total. The predicted molar refractivity (Wildman–Crippen MR) is 90.3 cm³/mol. The van der Waals surface area contributed by atoms with Gasteiger partial charge in [0, 0.05) is 68.7 Å². The van der Waals surface area contributed by atoms with Gasteiger partial charge < -0.3 is 9.47 Å². The van der Waals surface area contributed by atoms with Gasteiger partial charge in [0.1, 0.15) is 5.82 Å². The van der Waals surface area contributed by atoms with Gasteiger partial charge in [0.15, 0.2) is 0 Å². The molecule has 1 atom stereocenters. The molecule has 1 aliphatic heterocycles. The maximum Gasteiger partial charge on any atom is 0.127 e. The monoisotopic (exact) mass is 308 g/mol. The Labute approximate surface area is 135 Å². The zero-order chi connectivity index (χ0) is 15.8. The number of aryl methyl sites for hydroxylation is 1. The Morgan fingerprint density at radius 1 is 1.04 bits per heavy atom. The molecule has 6 nitrogen and oxygen atoms in total. The van der Waals surface area contributed by atoms with Crippen LogP contribution in [0.5, 0.6) is 0 Å². The van der Waals surface area contributed by atoms with E-state index in [9.17, 15) is 0 Å². The highest BCUT2D eigenvalue weighted by Crippen LogP contribution is 2.30. The van der Waals surface area contributed by atoms with Gasteiger partial charge in [-0.1, -0.05) is 0 Å². The summed E-state index contributed by atoms with van der Waals surface area (Å²) < 4.78 is 2.11. The molecule has 0 saturated carbocycles. The average Bonchev–Trinajstić information content (AvgIpc) is 3.01. The summed E-state index contributed by atoms with van der Waals surface area (Å²) in [6, 6.07) is 4.33. The lowest BCUT2D eigenvalue weighted by molar-refractivity contribution is 0.209. The van der Waals surface area contributed by atoms with E-state index < -0.39 is 0 Å². The van der Waals surface area contributed by atoms with Gasteiger partial charge in [-0.15, -0.1) is 0 Å². The van der Waals surface area contributed by atoms with E-state index >= 15 is 0 Å². The minimum Gasteiger partial charge on any atom is -0.368 e. The minimum absolute atomic E-state index is 0.281. The third-order valence-corrected chi connectivity index (χ3v) is 4.67. The summed E-state index contributed by atoms with van der Waals surface area (Å²) in [4.78, 5) is 18.1. The van der Waals surface area contributed by atoms with Crippen LogP contribution >= 0.6 is 0 Å². The second-order valence-corrected chi connectivity index (χ2v) is 6.06. The summed E-state index contributed by atoms with van der Waals surface area (Å²) in [6.45, 7) is 2.91. The number of hydrogen-bond donors (Lipinski definition) is 0. The Morgan fingerprint density at radius 3 is 2.78 bits per heavy atom. The smallest absolute Gasteiger partial charge is 0.127 e. The fraction of sp³-hybridized carbons (Fsp3) is 0.353. The van der Waals surface area contributed by atoms with Crippen molar-refractivity contribution in [3.05, 3.63) is 48.9 Å². The number of rotatable bonds is 2. The van der Waals surface area contributed by atoms with Gasteiger partial charge in [-0.3, -0.25) is 14.9 Å². The van der Waals surface area contributed by atoms with Gasteiger partial charge in [0.25, 0.3) is 0 Å². The maximum atomic E-state index is 4.55. The third kappa shape index (κ3) is 2.45. The Balaban J connectivity index is 1.71. The van der Waals surface area contributed by atoms with Crippen molar-refractivity contribution >= 4 is 16.6 Å². The highest BCUT2D eigenvalue weighted by atomic mass is 15.3. The number of pyridine rings is 2. The van der Waals surface area contributed by atoms with E-state index in [1.807, 2.05) is 30.9 Å². The van der Waals surface area contributed by atoms with E-state index in [-0.39, 0.29) is 6.04 Å². The Kier molecular flexibility index (Phi) is 3.46. The summed E-state index contributed by atoms with van der Waals surface area (Å²) in [5, 5.41) is 1.11. The lowest BCUT2D eigenvalue weighted by Gasteiger charge is -2.40. The molecule has 3 aromatic heterocycles. The van der Waals surface area contributed by atoms with Crippen molar-refractivity contribution in [3.63, 3.8) is 0 Å². The highest BCUT2D eigenvalue weighted by Gasteiger charge is 2.29. The number of hydrogen-bond acceptors (Lipinski definition) is 5. The van der Waals surface area contributed by atoms with Crippen LogP contribution in [0.2, 0.25) is 0 Å². The van der Waals surface area contributed by atoms with Gasteiger partial charge in [-0.2, -0.15) is 0 Å². The molecule has 4 heterocycles. The largest absolute Gasteiger partial charge is 0.368 e. The molecule has 1 unspecified atom stereocenters. The summed E-state index contributed by atoms with van der Waals surface area (Å²) in [7, 11) is 4.23. The molecule has 0 bridgehead atoms. The fourth-order valence-electron chi connectivity index (χ4n) is 3.32. The normalized spacial score (nSPS) is 19.4. The molecule has 0 aliphatic carbocycles. The van der Waals surface area contributed by atoms with E-state index in [1.165, 1.54) is 5.69 Å². The summed E-state index contributed by atoms with van der Waals surface area (Å²) in [5.41, 5.74) is 2.19. The van der Waals surface area contributed by atoms with Crippen LogP contribution < -0.4 is 4.90 Å².